The summed E-state index contributed by atoms with van der Waals surface area (Å²) >= 11 is 0. The van der Waals surface area contributed by atoms with Gasteiger partial charge in [-0.2, -0.15) is 4.98 Å². The Morgan fingerprint density at radius 2 is 2.00 bits per heavy atom. The Hall–Kier alpha value is -2.50. The number of rotatable bonds is 5. The lowest BCUT2D eigenvalue weighted by Gasteiger charge is -2.16. The van der Waals surface area contributed by atoms with Crippen LogP contribution in [0.1, 0.15) is 30.3 Å². The van der Waals surface area contributed by atoms with Crippen LogP contribution in [0.25, 0.3) is 11.3 Å². The van der Waals surface area contributed by atoms with Crippen molar-refractivity contribution >= 4 is 5.91 Å². The molecule has 1 heterocycles. The molecular weight excluding hydrogens is 285 g/mol. The van der Waals surface area contributed by atoms with Crippen LogP contribution in [0, 0.1) is 5.82 Å². The van der Waals surface area contributed by atoms with E-state index in [2.05, 4.69) is 9.97 Å². The van der Waals surface area contributed by atoms with Gasteiger partial charge in [0, 0.05) is 19.2 Å². The van der Waals surface area contributed by atoms with Gasteiger partial charge in [-0.3, -0.25) is 4.79 Å². The first-order valence-corrected chi connectivity index (χ1v) is 7.14. The molecule has 0 bridgehead atoms. The number of benzene rings is 1. The van der Waals surface area contributed by atoms with Crippen molar-refractivity contribution in [1.29, 1.82) is 0 Å². The molecule has 0 aliphatic heterocycles. The minimum atomic E-state index is -0.603. The fraction of sp³-hybridized carbons (Fsp3) is 0.312. The number of aromatic amines is 1. The molecule has 0 radical (unpaired) electrons. The SMILES string of the molecule is CCCCN(C)C(=O)c1cc(-c2ccc(F)cc2)nc(=O)[nH]1. The molecule has 6 heteroatoms. The maximum Gasteiger partial charge on any atom is 0.346 e. The number of nitrogens with one attached hydrogen (secondary N) is 1. The Morgan fingerprint density at radius 1 is 1.32 bits per heavy atom. The maximum absolute atomic E-state index is 13.0. The van der Waals surface area contributed by atoms with Gasteiger partial charge in [-0.05, 0) is 36.8 Å². The molecule has 0 unspecified atom stereocenters. The summed E-state index contributed by atoms with van der Waals surface area (Å²) in [6.07, 6.45) is 1.87. The smallest absolute Gasteiger partial charge is 0.340 e. The van der Waals surface area contributed by atoms with E-state index in [-0.39, 0.29) is 17.4 Å². The van der Waals surface area contributed by atoms with Crippen molar-refractivity contribution in [2.75, 3.05) is 13.6 Å². The zero-order chi connectivity index (χ0) is 16.1. The molecule has 1 N–H and O–H groups in total. The molecule has 0 aliphatic rings. The average Bonchev–Trinajstić information content (AvgIpc) is 2.52. The van der Waals surface area contributed by atoms with Crippen LogP contribution >= 0.6 is 0 Å². The number of H-pyrrole nitrogens is 1. The van der Waals surface area contributed by atoms with Gasteiger partial charge in [0.2, 0.25) is 0 Å². The number of amides is 1. The zero-order valence-corrected chi connectivity index (χ0v) is 12.6. The van der Waals surface area contributed by atoms with E-state index in [4.69, 9.17) is 0 Å². The van der Waals surface area contributed by atoms with Gasteiger partial charge >= 0.3 is 5.69 Å². The van der Waals surface area contributed by atoms with Crippen LogP contribution in [0.4, 0.5) is 4.39 Å². The van der Waals surface area contributed by atoms with E-state index in [0.717, 1.165) is 12.8 Å². The lowest BCUT2D eigenvalue weighted by atomic mass is 10.1. The van der Waals surface area contributed by atoms with Crippen molar-refractivity contribution in [3.05, 3.63) is 52.3 Å². The minimum Gasteiger partial charge on any atom is -0.340 e. The van der Waals surface area contributed by atoms with Crippen LogP contribution in [-0.2, 0) is 0 Å². The average molecular weight is 303 g/mol. The van der Waals surface area contributed by atoms with Gasteiger partial charge in [0.1, 0.15) is 11.5 Å². The number of carbonyl (C=O) groups excluding carboxylic acids is 1. The Kier molecular flexibility index (Phi) is 5.04. The molecule has 0 saturated heterocycles. The summed E-state index contributed by atoms with van der Waals surface area (Å²) < 4.78 is 13.0. The highest BCUT2D eigenvalue weighted by Crippen LogP contribution is 2.17. The fourth-order valence-corrected chi connectivity index (χ4v) is 2.04. The second kappa shape index (κ2) is 6.98. The van der Waals surface area contributed by atoms with Crippen LogP contribution in [0.5, 0.6) is 0 Å². The Morgan fingerprint density at radius 3 is 2.64 bits per heavy atom. The number of carbonyl (C=O) groups is 1. The third kappa shape index (κ3) is 3.78. The molecule has 0 fully saturated rings. The molecule has 2 rings (SSSR count). The first-order chi connectivity index (χ1) is 10.5. The zero-order valence-electron chi connectivity index (χ0n) is 12.6. The molecule has 0 atom stereocenters. The molecule has 1 amide bonds. The third-order valence-corrected chi connectivity index (χ3v) is 3.31. The predicted molar refractivity (Wildman–Crippen MR) is 82.1 cm³/mol. The maximum atomic E-state index is 13.0. The summed E-state index contributed by atoms with van der Waals surface area (Å²) in [6.45, 7) is 2.66. The molecule has 0 spiro atoms. The van der Waals surface area contributed by atoms with Crippen LogP contribution in [0.3, 0.4) is 0 Å². The van der Waals surface area contributed by atoms with E-state index in [1.807, 2.05) is 6.92 Å². The summed E-state index contributed by atoms with van der Waals surface area (Å²) in [7, 11) is 1.69. The minimum absolute atomic E-state index is 0.179. The molecule has 116 valence electrons. The van der Waals surface area contributed by atoms with Crippen LogP contribution < -0.4 is 5.69 Å². The van der Waals surface area contributed by atoms with E-state index < -0.39 is 5.69 Å². The number of hydrogen-bond acceptors (Lipinski definition) is 3. The summed E-state index contributed by atoms with van der Waals surface area (Å²) in [6, 6.07) is 7.12. The van der Waals surface area contributed by atoms with Crippen molar-refractivity contribution in [1.82, 2.24) is 14.9 Å². The summed E-state index contributed by atoms with van der Waals surface area (Å²) in [5.74, 6) is -0.638. The first-order valence-electron chi connectivity index (χ1n) is 7.14. The van der Waals surface area contributed by atoms with Gasteiger partial charge in [-0.15, -0.1) is 0 Å². The summed E-state index contributed by atoms with van der Waals surface area (Å²) in [5, 5.41) is 0. The van der Waals surface area contributed by atoms with E-state index >= 15 is 0 Å². The lowest BCUT2D eigenvalue weighted by Crippen LogP contribution is -2.30. The molecule has 0 saturated carbocycles. The van der Waals surface area contributed by atoms with Gasteiger partial charge in [-0.25, -0.2) is 9.18 Å². The predicted octanol–water partition coefficient (Wildman–Crippen LogP) is 2.45. The van der Waals surface area contributed by atoms with Gasteiger partial charge < -0.3 is 9.88 Å². The van der Waals surface area contributed by atoms with E-state index in [9.17, 15) is 14.0 Å². The number of halogens is 1. The Labute approximate surface area is 127 Å². The van der Waals surface area contributed by atoms with E-state index in [0.29, 0.717) is 17.8 Å². The second-order valence-electron chi connectivity index (χ2n) is 5.07. The van der Waals surface area contributed by atoms with Crippen molar-refractivity contribution in [2.45, 2.75) is 19.8 Å². The molecule has 0 aliphatic carbocycles. The van der Waals surface area contributed by atoms with Gasteiger partial charge in [0.25, 0.3) is 5.91 Å². The highest BCUT2D eigenvalue weighted by molar-refractivity contribution is 5.93. The highest BCUT2D eigenvalue weighted by Gasteiger charge is 2.14. The fourth-order valence-electron chi connectivity index (χ4n) is 2.04. The van der Waals surface area contributed by atoms with Crippen molar-refractivity contribution in [3.63, 3.8) is 0 Å². The Balaban J connectivity index is 2.32. The third-order valence-electron chi connectivity index (χ3n) is 3.31. The molecule has 1 aromatic heterocycles. The summed E-state index contributed by atoms with van der Waals surface area (Å²) in [4.78, 5) is 31.8. The van der Waals surface area contributed by atoms with Gasteiger partial charge in [-0.1, -0.05) is 13.3 Å². The quantitative estimate of drug-likeness (QED) is 0.922. The van der Waals surface area contributed by atoms with E-state index in [1.165, 1.54) is 30.3 Å². The monoisotopic (exact) mass is 303 g/mol. The second-order valence-corrected chi connectivity index (χ2v) is 5.07. The van der Waals surface area contributed by atoms with Crippen LogP contribution in [-0.4, -0.2) is 34.4 Å². The highest BCUT2D eigenvalue weighted by atomic mass is 19.1. The van der Waals surface area contributed by atoms with Gasteiger partial charge in [0.05, 0.1) is 5.69 Å². The Bertz CT molecular complexity index is 710. The van der Waals surface area contributed by atoms with Crippen molar-refractivity contribution < 1.29 is 9.18 Å². The van der Waals surface area contributed by atoms with Crippen molar-refractivity contribution in [3.8, 4) is 11.3 Å². The van der Waals surface area contributed by atoms with Crippen LogP contribution in [0.15, 0.2) is 35.1 Å². The largest absolute Gasteiger partial charge is 0.346 e. The van der Waals surface area contributed by atoms with Gasteiger partial charge in [0.15, 0.2) is 0 Å². The molecular formula is C16H18FN3O2. The number of unbranched alkanes of at least 4 members (excludes halogenated alkanes) is 1. The molecule has 1 aromatic carbocycles. The number of aromatic nitrogens is 2. The lowest BCUT2D eigenvalue weighted by molar-refractivity contribution is 0.0787. The number of hydrogen-bond donors (Lipinski definition) is 1. The summed E-state index contributed by atoms with van der Waals surface area (Å²) in [5.41, 5.74) is 0.501. The van der Waals surface area contributed by atoms with Crippen LogP contribution in [0.2, 0.25) is 0 Å². The van der Waals surface area contributed by atoms with Crippen molar-refractivity contribution in [2.24, 2.45) is 0 Å². The van der Waals surface area contributed by atoms with E-state index in [1.54, 1.807) is 11.9 Å². The normalized spacial score (nSPS) is 10.5. The number of nitrogens with zero attached hydrogens (tertiary/aromatic N) is 2. The topological polar surface area (TPSA) is 66.1 Å². The molecule has 2 aromatic rings. The first kappa shape index (κ1) is 15.9. The standard InChI is InChI=1S/C16H18FN3O2/c1-3-4-9-20(2)15(21)14-10-13(18-16(22)19-14)11-5-7-12(17)8-6-11/h5-8,10H,3-4,9H2,1-2H3,(H,18,19,22). The molecule has 5 nitrogen and oxygen atoms in total. The molecule has 22 heavy (non-hydrogen) atoms.